The van der Waals surface area contributed by atoms with Crippen molar-refractivity contribution in [3.63, 3.8) is 0 Å². The van der Waals surface area contributed by atoms with E-state index >= 15 is 0 Å². The van der Waals surface area contributed by atoms with Gasteiger partial charge in [-0.05, 0) is 37.5 Å². The van der Waals surface area contributed by atoms with Gasteiger partial charge in [-0.25, -0.2) is 19.1 Å². The first-order chi connectivity index (χ1) is 14.3. The fraction of sp³-hybridized carbons (Fsp3) is 0.417. The predicted molar refractivity (Wildman–Crippen MR) is 116 cm³/mol. The number of nitrogens with zero attached hydrogens (tertiary/aromatic N) is 4. The second kappa shape index (κ2) is 7.56. The van der Waals surface area contributed by atoms with E-state index in [1.54, 1.807) is 0 Å². The Labute approximate surface area is 176 Å². The number of carbonyl (C=O) groups excluding carboxylic acids is 1. The molecule has 6 nitrogen and oxygen atoms in total. The first kappa shape index (κ1) is 20.1. The van der Waals surface area contributed by atoms with Gasteiger partial charge in [-0.1, -0.05) is 57.2 Å². The number of aromatic nitrogens is 3. The Kier molecular flexibility index (Phi) is 5.07. The van der Waals surface area contributed by atoms with Crippen molar-refractivity contribution in [1.82, 2.24) is 14.6 Å². The van der Waals surface area contributed by atoms with Gasteiger partial charge in [0.1, 0.15) is 6.10 Å². The average Bonchev–Trinajstić information content (AvgIpc) is 3.23. The molecule has 0 N–H and O–H groups in total. The maximum absolute atomic E-state index is 13.1. The van der Waals surface area contributed by atoms with Gasteiger partial charge in [0.15, 0.2) is 11.5 Å². The summed E-state index contributed by atoms with van der Waals surface area (Å²) < 4.78 is 7.39. The van der Waals surface area contributed by atoms with Crippen molar-refractivity contribution in [3.05, 3.63) is 52.2 Å². The number of rotatable bonds is 3. The minimum Gasteiger partial charge on any atom is -0.459 e. The third-order valence-electron chi connectivity index (χ3n) is 6.14. The van der Waals surface area contributed by atoms with Crippen LogP contribution < -0.4 is 5.35 Å². The summed E-state index contributed by atoms with van der Waals surface area (Å²) in [6.07, 6.45) is 1.90. The van der Waals surface area contributed by atoms with E-state index in [9.17, 15) is 4.79 Å². The molecule has 2 unspecified atom stereocenters. The Morgan fingerprint density at radius 3 is 2.43 bits per heavy atom. The molecule has 1 fully saturated rings. The number of aryl methyl sites for hydroxylation is 1. The van der Waals surface area contributed by atoms with Gasteiger partial charge < -0.3 is 4.74 Å². The first-order valence-electron chi connectivity index (χ1n) is 10.4. The highest BCUT2D eigenvalue weighted by Gasteiger charge is 2.35. The quantitative estimate of drug-likeness (QED) is 0.474. The molecular weight excluding hydrogens is 376 g/mol. The summed E-state index contributed by atoms with van der Waals surface area (Å²) in [7, 11) is 0. The zero-order valence-electron chi connectivity index (χ0n) is 17.8. The van der Waals surface area contributed by atoms with Crippen molar-refractivity contribution >= 4 is 23.9 Å². The van der Waals surface area contributed by atoms with Crippen molar-refractivity contribution in [3.8, 4) is 11.4 Å². The topological polar surface area (TPSA) is 60.9 Å². The van der Waals surface area contributed by atoms with Gasteiger partial charge in [0.25, 0.3) is 0 Å². The van der Waals surface area contributed by atoms with Crippen LogP contribution in [0, 0.1) is 31.2 Å². The molecule has 0 spiro atoms. The summed E-state index contributed by atoms with van der Waals surface area (Å²) in [6.45, 7) is 20.2. The van der Waals surface area contributed by atoms with E-state index in [1.807, 2.05) is 31.2 Å². The number of hydrogen-bond donors (Lipinski definition) is 0. The largest absolute Gasteiger partial charge is 0.459 e. The van der Waals surface area contributed by atoms with Gasteiger partial charge in [0.05, 0.1) is 17.5 Å². The third-order valence-corrected chi connectivity index (χ3v) is 6.14. The molecule has 0 radical (unpaired) electrons. The molecule has 30 heavy (non-hydrogen) atoms. The molecule has 0 saturated heterocycles. The van der Waals surface area contributed by atoms with Gasteiger partial charge in [-0.3, -0.25) is 0 Å². The fourth-order valence-electron chi connectivity index (χ4n) is 4.76. The lowest BCUT2D eigenvalue weighted by Crippen LogP contribution is -2.38. The van der Waals surface area contributed by atoms with Crippen LogP contribution in [0.4, 0.5) is 5.69 Å². The van der Waals surface area contributed by atoms with Gasteiger partial charge in [0, 0.05) is 5.56 Å². The maximum atomic E-state index is 13.1. The lowest BCUT2D eigenvalue weighted by molar-refractivity contribution is -0.0252. The van der Waals surface area contributed by atoms with Crippen molar-refractivity contribution < 1.29 is 9.53 Å². The molecule has 1 aromatic carbocycles. The Bertz CT molecular complexity index is 1180. The normalized spacial score (nSPS) is 24.0. The van der Waals surface area contributed by atoms with Crippen molar-refractivity contribution in [1.29, 1.82) is 0 Å². The van der Waals surface area contributed by atoms with Crippen LogP contribution in [-0.4, -0.2) is 26.7 Å². The smallest absolute Gasteiger partial charge is 0.330 e. The minimum atomic E-state index is -0.506. The Morgan fingerprint density at radius 2 is 1.83 bits per heavy atom. The average molecular weight is 402 g/mol. The van der Waals surface area contributed by atoms with E-state index in [4.69, 9.17) is 11.3 Å². The third kappa shape index (κ3) is 3.35. The molecule has 1 aliphatic carbocycles. The number of ether oxygens (including phenoxy) is 1. The molecule has 4 rings (SSSR count). The fourth-order valence-corrected chi connectivity index (χ4v) is 4.76. The van der Waals surface area contributed by atoms with Gasteiger partial charge in [0.2, 0.25) is 5.69 Å². The number of fused-ring (bicyclic) bond motifs is 1. The highest BCUT2D eigenvalue weighted by Crippen LogP contribution is 2.36. The van der Waals surface area contributed by atoms with E-state index < -0.39 is 5.97 Å². The molecule has 1 saturated carbocycles. The van der Waals surface area contributed by atoms with Crippen LogP contribution in [0.2, 0.25) is 0 Å². The molecule has 0 aliphatic heterocycles. The lowest BCUT2D eigenvalue weighted by Gasteiger charge is -2.37. The van der Waals surface area contributed by atoms with E-state index in [0.717, 1.165) is 24.0 Å². The van der Waals surface area contributed by atoms with Gasteiger partial charge in [-0.2, -0.15) is 0 Å². The predicted octanol–water partition coefficient (Wildman–Crippen LogP) is 4.61. The van der Waals surface area contributed by atoms with Gasteiger partial charge >= 0.3 is 5.97 Å². The van der Waals surface area contributed by atoms with Crippen LogP contribution in [-0.2, 0) is 4.74 Å². The molecule has 2 atom stereocenters. The highest BCUT2D eigenvalue weighted by molar-refractivity contribution is 6.00. The summed E-state index contributed by atoms with van der Waals surface area (Å²) in [5.74, 6) is 1.18. The lowest BCUT2D eigenvalue weighted by atomic mass is 9.75. The van der Waals surface area contributed by atoms with Crippen LogP contribution in [0.25, 0.3) is 28.5 Å². The zero-order chi connectivity index (χ0) is 21.6. The molecule has 2 aromatic heterocycles. The van der Waals surface area contributed by atoms with Crippen LogP contribution in [0.15, 0.2) is 24.3 Å². The molecule has 0 amide bonds. The Balaban J connectivity index is 1.69. The Hall–Kier alpha value is -3.20. The SMILES string of the molecule is [C-]#[N+]c1c(C(=O)OC2C(C)CC(C)CC2C)c(=C)n2nc(-c3ccc(C)cc3)nc12. The summed E-state index contributed by atoms with van der Waals surface area (Å²) in [5, 5.41) is 4.85. The summed E-state index contributed by atoms with van der Waals surface area (Å²) >= 11 is 0. The van der Waals surface area contributed by atoms with E-state index in [0.29, 0.717) is 22.7 Å². The summed E-state index contributed by atoms with van der Waals surface area (Å²) in [4.78, 5) is 21.2. The van der Waals surface area contributed by atoms with E-state index in [-0.39, 0.29) is 29.2 Å². The minimum absolute atomic E-state index is 0.153. The molecule has 1 aliphatic rings. The standard InChI is InChI=1S/C24H26N4O2/c1-13-7-9-18(10-8-13)22-26-23-20(25-6)19(17(5)28(23)27-22)24(29)30-21-15(3)11-14(2)12-16(21)4/h7-10,14-16,21H,5,11-12H2,1-4H3. The Morgan fingerprint density at radius 1 is 1.20 bits per heavy atom. The maximum Gasteiger partial charge on any atom is 0.330 e. The molecule has 0 bridgehead atoms. The monoisotopic (exact) mass is 402 g/mol. The number of carbonyl (C=O) groups is 1. The van der Waals surface area contributed by atoms with Crippen LogP contribution in [0.5, 0.6) is 0 Å². The number of esters is 1. The number of benzene rings is 1. The zero-order valence-corrected chi connectivity index (χ0v) is 17.8. The first-order valence-corrected chi connectivity index (χ1v) is 10.4. The second-order valence-corrected chi connectivity index (χ2v) is 8.72. The van der Waals surface area contributed by atoms with Crippen LogP contribution in [0.3, 0.4) is 0 Å². The van der Waals surface area contributed by atoms with Crippen LogP contribution in [0.1, 0.15) is 49.5 Å². The highest BCUT2D eigenvalue weighted by atomic mass is 16.5. The molecule has 2 heterocycles. The molecular formula is C24H26N4O2. The van der Waals surface area contributed by atoms with Crippen molar-refractivity contribution in [2.45, 2.75) is 46.6 Å². The summed E-state index contributed by atoms with van der Waals surface area (Å²) in [6, 6.07) is 7.84. The van der Waals surface area contributed by atoms with Gasteiger partial charge in [-0.15, -0.1) is 5.10 Å². The van der Waals surface area contributed by atoms with Crippen molar-refractivity contribution in [2.24, 2.45) is 17.8 Å². The molecule has 154 valence electrons. The van der Waals surface area contributed by atoms with E-state index in [1.165, 1.54) is 4.52 Å². The molecule has 3 aromatic rings. The molecule has 6 heteroatoms. The second-order valence-electron chi connectivity index (χ2n) is 8.72. The van der Waals surface area contributed by atoms with Crippen molar-refractivity contribution in [2.75, 3.05) is 0 Å². The van der Waals surface area contributed by atoms with E-state index in [2.05, 4.69) is 42.3 Å². The number of hydrogen-bond acceptors (Lipinski definition) is 4. The summed E-state index contributed by atoms with van der Waals surface area (Å²) in [5.41, 5.74) is 2.66. The van der Waals surface area contributed by atoms with Crippen LogP contribution >= 0.6 is 0 Å².